The van der Waals surface area contributed by atoms with Gasteiger partial charge < -0.3 is 23.8 Å². The van der Waals surface area contributed by atoms with Gasteiger partial charge in [0.1, 0.15) is 12.2 Å². The molecule has 6 rings (SSSR count). The quantitative estimate of drug-likeness (QED) is 0.686. The number of fused-ring (bicyclic) bond motifs is 7. The van der Waals surface area contributed by atoms with E-state index in [9.17, 15) is 0 Å². The van der Waals surface area contributed by atoms with Crippen molar-refractivity contribution in [2.45, 2.75) is 6.54 Å². The Hall–Kier alpha value is -2.92. The Morgan fingerprint density at radius 2 is 1.44 bits per heavy atom. The first kappa shape index (κ1) is 13.4. The molecule has 25 heavy (non-hydrogen) atoms. The van der Waals surface area contributed by atoms with Crippen LogP contribution in [0.4, 0.5) is 5.69 Å². The average molecular weight is 334 g/mol. The van der Waals surface area contributed by atoms with E-state index in [1.807, 2.05) is 0 Å². The lowest BCUT2D eigenvalue weighted by Gasteiger charge is -2.26. The number of hydrogen-bond acceptors (Lipinski definition) is 4. The molecule has 3 aromatic rings. The summed E-state index contributed by atoms with van der Waals surface area (Å²) in [6, 6.07) is 12.8. The third-order valence-corrected chi connectivity index (χ3v) is 5.28. The molecule has 3 aromatic carbocycles. The first-order valence-electron chi connectivity index (χ1n) is 8.40. The van der Waals surface area contributed by atoms with Gasteiger partial charge in [-0.1, -0.05) is 6.07 Å². The summed E-state index contributed by atoms with van der Waals surface area (Å²) in [5.41, 5.74) is 5.05. The third kappa shape index (κ3) is 1.76. The number of quaternary nitrogens is 1. The van der Waals surface area contributed by atoms with Crippen molar-refractivity contribution in [1.29, 1.82) is 0 Å². The predicted molar refractivity (Wildman–Crippen MR) is 91.9 cm³/mol. The van der Waals surface area contributed by atoms with Crippen molar-refractivity contribution in [3.05, 3.63) is 42.0 Å². The Morgan fingerprint density at radius 3 is 2.24 bits per heavy atom. The van der Waals surface area contributed by atoms with Crippen LogP contribution < -0.4 is 23.8 Å². The molecule has 0 amide bonds. The van der Waals surface area contributed by atoms with Crippen molar-refractivity contribution in [2.75, 3.05) is 20.6 Å². The summed E-state index contributed by atoms with van der Waals surface area (Å²) in [5.74, 6) is 3.32. The highest BCUT2D eigenvalue weighted by molar-refractivity contribution is 6.01. The number of ether oxygens (including phenoxy) is 4. The van der Waals surface area contributed by atoms with Crippen LogP contribution in [0.2, 0.25) is 0 Å². The fourth-order valence-corrected chi connectivity index (χ4v) is 4.15. The zero-order chi connectivity index (χ0) is 16.5. The number of nitrogens with one attached hydrogen (secondary N) is 1. The largest absolute Gasteiger partial charge is 0.454 e. The summed E-state index contributed by atoms with van der Waals surface area (Å²) in [4.78, 5) is 1.35. The average Bonchev–Trinajstić information content (AvgIpc) is 3.25. The summed E-state index contributed by atoms with van der Waals surface area (Å²) in [7, 11) is 2.20. The highest BCUT2D eigenvalue weighted by Crippen LogP contribution is 2.45. The SMILES string of the molecule is C[NH+]1Cc2cc3c(cc2-c2ccc4cc5c(cc4c21)OCO5)OCO3. The first-order valence-corrected chi connectivity index (χ1v) is 8.40. The van der Waals surface area contributed by atoms with Gasteiger partial charge in [0.25, 0.3) is 0 Å². The lowest BCUT2D eigenvalue weighted by Crippen LogP contribution is -3.03. The smallest absolute Gasteiger partial charge is 0.231 e. The van der Waals surface area contributed by atoms with Gasteiger partial charge in [-0.3, -0.25) is 0 Å². The molecule has 0 aromatic heterocycles. The molecule has 124 valence electrons. The third-order valence-electron chi connectivity index (χ3n) is 5.28. The number of rotatable bonds is 0. The van der Waals surface area contributed by atoms with Gasteiger partial charge in [0, 0.05) is 22.1 Å². The highest BCUT2D eigenvalue weighted by Gasteiger charge is 2.30. The molecule has 0 aliphatic carbocycles. The second-order valence-electron chi connectivity index (χ2n) is 6.73. The molecule has 0 saturated carbocycles. The van der Waals surface area contributed by atoms with Crippen LogP contribution in [0.25, 0.3) is 21.9 Å². The molecule has 3 heterocycles. The van der Waals surface area contributed by atoms with Gasteiger partial charge in [-0.25, -0.2) is 0 Å². The van der Waals surface area contributed by atoms with Crippen LogP contribution in [0, 0.1) is 0 Å². The highest BCUT2D eigenvalue weighted by atomic mass is 16.7. The Morgan fingerprint density at radius 1 is 0.760 bits per heavy atom. The molecular weight excluding hydrogens is 318 g/mol. The maximum absolute atomic E-state index is 5.59. The molecule has 5 nitrogen and oxygen atoms in total. The minimum atomic E-state index is 0.294. The summed E-state index contributed by atoms with van der Waals surface area (Å²) < 4.78 is 22.3. The minimum absolute atomic E-state index is 0.294. The van der Waals surface area contributed by atoms with Crippen LogP contribution in [0.3, 0.4) is 0 Å². The van der Waals surface area contributed by atoms with Crippen molar-refractivity contribution in [2.24, 2.45) is 0 Å². The van der Waals surface area contributed by atoms with Gasteiger partial charge in [-0.15, -0.1) is 0 Å². The molecule has 5 heteroatoms. The van der Waals surface area contributed by atoms with Gasteiger partial charge in [-0.05, 0) is 35.7 Å². The summed E-state index contributed by atoms with van der Waals surface area (Å²) in [6.45, 7) is 1.50. The zero-order valence-corrected chi connectivity index (χ0v) is 13.7. The normalized spacial score (nSPS) is 19.0. The van der Waals surface area contributed by atoms with Crippen LogP contribution in [-0.4, -0.2) is 20.6 Å². The zero-order valence-electron chi connectivity index (χ0n) is 13.7. The second kappa shape index (κ2) is 4.58. The van der Waals surface area contributed by atoms with E-state index >= 15 is 0 Å². The maximum atomic E-state index is 5.59. The molecule has 0 fully saturated rings. The maximum Gasteiger partial charge on any atom is 0.231 e. The molecule has 3 aliphatic rings. The monoisotopic (exact) mass is 334 g/mol. The minimum Gasteiger partial charge on any atom is -0.454 e. The van der Waals surface area contributed by atoms with E-state index in [1.165, 1.54) is 38.1 Å². The Labute approximate surface area is 144 Å². The molecule has 1 unspecified atom stereocenters. The Kier molecular flexibility index (Phi) is 2.45. The molecule has 1 atom stereocenters. The van der Waals surface area contributed by atoms with Crippen LogP contribution >= 0.6 is 0 Å². The van der Waals surface area contributed by atoms with Crippen molar-refractivity contribution >= 4 is 16.5 Å². The predicted octanol–water partition coefficient (Wildman–Crippen LogP) is 2.62. The molecule has 0 saturated heterocycles. The van der Waals surface area contributed by atoms with Crippen molar-refractivity contribution < 1.29 is 23.8 Å². The van der Waals surface area contributed by atoms with Crippen molar-refractivity contribution in [3.63, 3.8) is 0 Å². The summed E-state index contributed by atoms with van der Waals surface area (Å²) in [6.07, 6.45) is 0. The fourth-order valence-electron chi connectivity index (χ4n) is 4.15. The van der Waals surface area contributed by atoms with Gasteiger partial charge in [0.05, 0.1) is 7.05 Å². The van der Waals surface area contributed by atoms with E-state index in [0.717, 1.165) is 29.5 Å². The van der Waals surface area contributed by atoms with Crippen LogP contribution in [-0.2, 0) is 6.54 Å². The Bertz CT molecular complexity index is 1060. The molecular formula is C20H16NO4+. The second-order valence-corrected chi connectivity index (χ2v) is 6.73. The van der Waals surface area contributed by atoms with E-state index in [4.69, 9.17) is 18.9 Å². The lowest BCUT2D eigenvalue weighted by molar-refractivity contribution is -0.824. The van der Waals surface area contributed by atoms with Crippen LogP contribution in [0.1, 0.15) is 5.56 Å². The van der Waals surface area contributed by atoms with Gasteiger partial charge >= 0.3 is 0 Å². The molecule has 0 radical (unpaired) electrons. The van der Waals surface area contributed by atoms with E-state index in [2.05, 4.69) is 43.4 Å². The standard InChI is InChI=1S/C20H15NO4/c1-21-8-12-5-17-18(24-10-23-17)6-14(12)13-3-2-11-4-16-19(25-9-22-16)7-15(11)20(13)21/h2-7H,8-10H2,1H3/p+1. The van der Waals surface area contributed by atoms with Gasteiger partial charge in [0.2, 0.25) is 13.6 Å². The fraction of sp³-hybridized carbons (Fsp3) is 0.200. The summed E-state index contributed by atoms with van der Waals surface area (Å²) in [5, 5.41) is 2.38. The van der Waals surface area contributed by atoms with E-state index in [-0.39, 0.29) is 0 Å². The van der Waals surface area contributed by atoms with Crippen molar-refractivity contribution in [1.82, 2.24) is 0 Å². The molecule has 0 bridgehead atoms. The number of benzene rings is 3. The topological polar surface area (TPSA) is 41.4 Å². The van der Waals surface area contributed by atoms with E-state index < -0.39 is 0 Å². The molecule has 1 N–H and O–H groups in total. The Balaban J connectivity index is 1.65. The first-order chi connectivity index (χ1) is 12.3. The summed E-state index contributed by atoms with van der Waals surface area (Å²) >= 11 is 0. The van der Waals surface area contributed by atoms with E-state index in [1.54, 1.807) is 0 Å². The lowest BCUT2D eigenvalue weighted by atomic mass is 9.90. The van der Waals surface area contributed by atoms with Crippen molar-refractivity contribution in [3.8, 4) is 34.1 Å². The molecule has 3 aliphatic heterocycles. The van der Waals surface area contributed by atoms with Crippen LogP contribution in [0.5, 0.6) is 23.0 Å². The van der Waals surface area contributed by atoms with E-state index in [0.29, 0.717) is 13.6 Å². The van der Waals surface area contributed by atoms with Gasteiger partial charge in [-0.2, -0.15) is 0 Å². The molecule has 0 spiro atoms. The van der Waals surface area contributed by atoms with Crippen LogP contribution in [0.15, 0.2) is 36.4 Å². The number of hydrogen-bond donors (Lipinski definition) is 1. The van der Waals surface area contributed by atoms with Gasteiger partial charge in [0.15, 0.2) is 23.0 Å².